The first-order valence-corrected chi connectivity index (χ1v) is 5.48. The molecule has 2 N–H and O–H groups in total. The summed E-state index contributed by atoms with van der Waals surface area (Å²) in [5.41, 5.74) is 2.21. The fourth-order valence-electron chi connectivity index (χ4n) is 1.56. The first-order valence-electron chi connectivity index (χ1n) is 5.11. The minimum atomic E-state index is -1.22. The van der Waals surface area contributed by atoms with E-state index in [4.69, 9.17) is 16.7 Å². The van der Waals surface area contributed by atoms with Gasteiger partial charge in [-0.15, -0.1) is 0 Å². The van der Waals surface area contributed by atoms with Crippen molar-refractivity contribution in [3.63, 3.8) is 0 Å². The summed E-state index contributed by atoms with van der Waals surface area (Å²) in [6.45, 7) is 3.62. The number of aromatic nitrogens is 1. The summed E-state index contributed by atoms with van der Waals surface area (Å²) in [5.74, 6) is -1.65. The van der Waals surface area contributed by atoms with Gasteiger partial charge < -0.3 is 14.7 Å². The first kappa shape index (κ1) is 12.4. The number of hydrogen-bond donors (Lipinski definition) is 2. The minimum absolute atomic E-state index is 0.134. The van der Waals surface area contributed by atoms with Gasteiger partial charge in [0, 0.05) is 11.6 Å². The Labute approximate surface area is 108 Å². The average Bonchev–Trinajstić information content (AvgIpc) is 2.80. The first-order chi connectivity index (χ1) is 8.41. The third-order valence-corrected chi connectivity index (χ3v) is 3.20. The molecule has 2 aromatic rings. The number of phenolic OH excluding ortho intramolecular Hbond substituents is 1. The monoisotopic (exact) mass is 267 g/mol. The summed E-state index contributed by atoms with van der Waals surface area (Å²) in [6, 6.07) is 2.92. The maximum atomic E-state index is 10.7. The van der Waals surface area contributed by atoms with Crippen LogP contribution in [0.4, 0.5) is 0 Å². The van der Waals surface area contributed by atoms with Gasteiger partial charge in [0.05, 0.1) is 5.02 Å². The molecule has 1 aromatic carbocycles. The number of halogens is 1. The standard InChI is InChI=1S/C12H10ClNO4/c1-5-3-7(11(15)10(13)6(5)2)8-4-9(12(16)17)18-14-8/h3-4,15H,1-2H3,(H,16,17). The molecule has 0 saturated heterocycles. The molecule has 0 aliphatic heterocycles. The second kappa shape index (κ2) is 4.34. The molecule has 0 spiro atoms. The van der Waals surface area contributed by atoms with Crippen molar-refractivity contribution in [1.82, 2.24) is 5.16 Å². The number of carboxylic acid groups (broad SMARTS) is 1. The molecule has 0 unspecified atom stereocenters. The van der Waals surface area contributed by atoms with Gasteiger partial charge in [-0.2, -0.15) is 0 Å². The zero-order valence-electron chi connectivity index (χ0n) is 9.69. The summed E-state index contributed by atoms with van der Waals surface area (Å²) in [6.07, 6.45) is 0. The second-order valence-electron chi connectivity index (χ2n) is 3.91. The number of rotatable bonds is 2. The van der Waals surface area contributed by atoms with Crippen molar-refractivity contribution in [2.45, 2.75) is 13.8 Å². The zero-order valence-corrected chi connectivity index (χ0v) is 10.4. The largest absolute Gasteiger partial charge is 0.506 e. The molecular formula is C12H10ClNO4. The number of aromatic carboxylic acids is 1. The van der Waals surface area contributed by atoms with Gasteiger partial charge >= 0.3 is 5.97 Å². The van der Waals surface area contributed by atoms with E-state index >= 15 is 0 Å². The van der Waals surface area contributed by atoms with Gasteiger partial charge in [0.15, 0.2) is 0 Å². The van der Waals surface area contributed by atoms with Gasteiger partial charge in [0.25, 0.3) is 0 Å². The molecule has 0 bridgehead atoms. The Balaban J connectivity index is 2.60. The van der Waals surface area contributed by atoms with Gasteiger partial charge in [0.2, 0.25) is 5.76 Å². The maximum Gasteiger partial charge on any atom is 0.374 e. The molecule has 6 heteroatoms. The number of hydrogen-bond acceptors (Lipinski definition) is 4. The molecular weight excluding hydrogens is 258 g/mol. The van der Waals surface area contributed by atoms with Crippen LogP contribution in [0.25, 0.3) is 11.3 Å². The summed E-state index contributed by atoms with van der Waals surface area (Å²) < 4.78 is 4.64. The summed E-state index contributed by atoms with van der Waals surface area (Å²) in [5, 5.41) is 22.5. The third kappa shape index (κ3) is 1.93. The fourth-order valence-corrected chi connectivity index (χ4v) is 1.81. The molecule has 1 aromatic heterocycles. The minimum Gasteiger partial charge on any atom is -0.506 e. The molecule has 0 saturated carbocycles. The molecule has 0 aliphatic carbocycles. The molecule has 0 fully saturated rings. The Morgan fingerprint density at radius 3 is 2.61 bits per heavy atom. The summed E-state index contributed by atoms with van der Waals surface area (Å²) in [4.78, 5) is 10.7. The van der Waals surface area contributed by atoms with Gasteiger partial charge in [-0.1, -0.05) is 16.8 Å². The lowest BCUT2D eigenvalue weighted by Crippen LogP contribution is -1.91. The quantitative estimate of drug-likeness (QED) is 0.874. The van der Waals surface area contributed by atoms with E-state index in [1.54, 1.807) is 13.0 Å². The van der Waals surface area contributed by atoms with E-state index in [1.165, 1.54) is 6.07 Å². The highest BCUT2D eigenvalue weighted by molar-refractivity contribution is 6.33. The summed E-state index contributed by atoms with van der Waals surface area (Å²) >= 11 is 5.98. The van der Waals surface area contributed by atoms with Crippen LogP contribution in [0, 0.1) is 13.8 Å². The summed E-state index contributed by atoms with van der Waals surface area (Å²) in [7, 11) is 0. The number of phenols is 1. The Morgan fingerprint density at radius 1 is 1.39 bits per heavy atom. The lowest BCUT2D eigenvalue weighted by molar-refractivity contribution is 0.0652. The Morgan fingerprint density at radius 2 is 2.06 bits per heavy atom. The van der Waals surface area contributed by atoms with E-state index in [9.17, 15) is 9.90 Å². The molecule has 18 heavy (non-hydrogen) atoms. The van der Waals surface area contributed by atoms with Crippen molar-refractivity contribution >= 4 is 17.6 Å². The highest BCUT2D eigenvalue weighted by atomic mass is 35.5. The van der Waals surface area contributed by atoms with Crippen LogP contribution in [0.15, 0.2) is 16.7 Å². The van der Waals surface area contributed by atoms with Gasteiger partial charge in [0.1, 0.15) is 11.4 Å². The predicted octanol–water partition coefficient (Wildman–Crippen LogP) is 3.02. The van der Waals surface area contributed by atoms with Crippen LogP contribution in [0.3, 0.4) is 0 Å². The molecule has 0 radical (unpaired) electrons. The smallest absolute Gasteiger partial charge is 0.374 e. The third-order valence-electron chi connectivity index (χ3n) is 2.74. The lowest BCUT2D eigenvalue weighted by Gasteiger charge is -2.09. The Kier molecular flexibility index (Phi) is 3.00. The van der Waals surface area contributed by atoms with E-state index in [0.29, 0.717) is 5.56 Å². The van der Waals surface area contributed by atoms with E-state index in [2.05, 4.69) is 9.68 Å². The Bertz CT molecular complexity index is 633. The SMILES string of the molecule is Cc1cc(-c2cc(C(=O)O)on2)c(O)c(Cl)c1C. The van der Waals surface area contributed by atoms with Gasteiger partial charge in [-0.3, -0.25) is 0 Å². The number of carboxylic acids is 1. The van der Waals surface area contributed by atoms with Crippen LogP contribution in [0.2, 0.25) is 5.02 Å². The molecule has 1 heterocycles. The van der Waals surface area contributed by atoms with Crippen LogP contribution >= 0.6 is 11.6 Å². The number of nitrogens with zero attached hydrogens (tertiary/aromatic N) is 1. The Hall–Kier alpha value is -2.01. The molecule has 0 aliphatic rings. The van der Waals surface area contributed by atoms with Crippen LogP contribution in [-0.2, 0) is 0 Å². The van der Waals surface area contributed by atoms with E-state index in [1.807, 2.05) is 6.92 Å². The zero-order chi connectivity index (χ0) is 13.4. The number of carbonyl (C=O) groups is 1. The maximum absolute atomic E-state index is 10.7. The van der Waals surface area contributed by atoms with Gasteiger partial charge in [-0.25, -0.2) is 4.79 Å². The van der Waals surface area contributed by atoms with Crippen LogP contribution in [0.1, 0.15) is 21.7 Å². The molecule has 5 nitrogen and oxygen atoms in total. The number of aryl methyl sites for hydroxylation is 1. The highest BCUT2D eigenvalue weighted by Gasteiger charge is 2.18. The van der Waals surface area contributed by atoms with Gasteiger partial charge in [-0.05, 0) is 31.0 Å². The van der Waals surface area contributed by atoms with Crippen molar-refractivity contribution in [1.29, 1.82) is 0 Å². The highest BCUT2D eigenvalue weighted by Crippen LogP contribution is 2.38. The molecule has 2 rings (SSSR count). The van der Waals surface area contributed by atoms with E-state index in [-0.39, 0.29) is 22.2 Å². The molecule has 0 atom stereocenters. The topological polar surface area (TPSA) is 83.6 Å². The normalized spacial score (nSPS) is 10.6. The van der Waals surface area contributed by atoms with Crippen LogP contribution < -0.4 is 0 Å². The number of aromatic hydroxyl groups is 1. The van der Waals surface area contributed by atoms with Crippen molar-refractivity contribution < 1.29 is 19.5 Å². The lowest BCUT2D eigenvalue weighted by atomic mass is 10.0. The average molecular weight is 268 g/mol. The van der Waals surface area contributed by atoms with Crippen LogP contribution in [0.5, 0.6) is 5.75 Å². The van der Waals surface area contributed by atoms with E-state index < -0.39 is 5.97 Å². The van der Waals surface area contributed by atoms with Crippen molar-refractivity contribution in [2.75, 3.05) is 0 Å². The van der Waals surface area contributed by atoms with Crippen LogP contribution in [-0.4, -0.2) is 21.3 Å². The molecule has 94 valence electrons. The van der Waals surface area contributed by atoms with Crippen molar-refractivity contribution in [3.05, 3.63) is 34.0 Å². The fraction of sp³-hybridized carbons (Fsp3) is 0.167. The predicted molar refractivity (Wildman–Crippen MR) is 65.0 cm³/mol. The number of benzene rings is 1. The van der Waals surface area contributed by atoms with Crippen molar-refractivity contribution in [2.24, 2.45) is 0 Å². The molecule has 0 amide bonds. The second-order valence-corrected chi connectivity index (χ2v) is 4.29. The van der Waals surface area contributed by atoms with E-state index in [0.717, 1.165) is 11.1 Å². The van der Waals surface area contributed by atoms with Crippen molar-refractivity contribution in [3.8, 4) is 17.0 Å².